The quantitative estimate of drug-likeness (QED) is 0.874. The van der Waals surface area contributed by atoms with Crippen LogP contribution in [0.2, 0.25) is 0 Å². The van der Waals surface area contributed by atoms with Crippen LogP contribution in [0.5, 0.6) is 0 Å². The van der Waals surface area contributed by atoms with Crippen molar-refractivity contribution in [2.75, 3.05) is 12.3 Å². The molecule has 1 unspecified atom stereocenters. The number of hydrogen-bond donors (Lipinski definition) is 1. The Bertz CT molecular complexity index is 469. The number of nitrogens with one attached hydrogen (secondary N) is 1. The molecule has 1 heterocycles. The summed E-state index contributed by atoms with van der Waals surface area (Å²) in [6.07, 6.45) is 2.21. The third-order valence-corrected chi connectivity index (χ3v) is 4.79. The molecule has 1 aromatic carbocycles. The Morgan fingerprint density at radius 3 is 2.70 bits per heavy atom. The Morgan fingerprint density at radius 1 is 1.35 bits per heavy atom. The van der Waals surface area contributed by atoms with Gasteiger partial charge in [0.05, 0.1) is 5.04 Å². The first-order valence-electron chi connectivity index (χ1n) is 7.28. The molecule has 0 fully saturated rings. The van der Waals surface area contributed by atoms with E-state index in [1.807, 2.05) is 30.3 Å². The van der Waals surface area contributed by atoms with Crippen LogP contribution in [0.15, 0.2) is 35.3 Å². The van der Waals surface area contributed by atoms with Gasteiger partial charge in [-0.05, 0) is 5.92 Å². The number of aliphatic imine (C=N–C) groups is 1. The van der Waals surface area contributed by atoms with E-state index in [2.05, 4.69) is 24.2 Å². The highest BCUT2D eigenvalue weighted by molar-refractivity contribution is 8.14. The molecule has 1 aliphatic rings. The van der Waals surface area contributed by atoms with Crippen LogP contribution in [0, 0.1) is 5.92 Å². The first-order valence-corrected chi connectivity index (χ1v) is 8.26. The fourth-order valence-corrected chi connectivity index (χ4v) is 3.23. The van der Waals surface area contributed by atoms with Crippen molar-refractivity contribution in [2.45, 2.75) is 32.7 Å². The monoisotopic (exact) mass is 290 g/mol. The Balaban J connectivity index is 1.91. The summed E-state index contributed by atoms with van der Waals surface area (Å²) in [6, 6.07) is 9.83. The molecule has 0 bridgehead atoms. The Kier molecular flexibility index (Phi) is 5.65. The predicted octanol–water partition coefficient (Wildman–Crippen LogP) is 3.10. The van der Waals surface area contributed by atoms with E-state index in [1.165, 1.54) is 0 Å². The van der Waals surface area contributed by atoms with E-state index in [9.17, 15) is 4.79 Å². The summed E-state index contributed by atoms with van der Waals surface area (Å²) < 4.78 is 0. The molecule has 4 heteroatoms. The zero-order valence-corrected chi connectivity index (χ0v) is 13.0. The number of nitrogens with zero attached hydrogens (tertiary/aromatic N) is 1. The minimum absolute atomic E-state index is 0.0651. The molecular weight excluding hydrogens is 268 g/mol. The molecule has 20 heavy (non-hydrogen) atoms. The van der Waals surface area contributed by atoms with Gasteiger partial charge in [-0.25, -0.2) is 0 Å². The van der Waals surface area contributed by atoms with Crippen molar-refractivity contribution in [1.29, 1.82) is 0 Å². The lowest BCUT2D eigenvalue weighted by Gasteiger charge is -2.14. The fraction of sp³-hybridized carbons (Fsp3) is 0.500. The third kappa shape index (κ3) is 3.85. The summed E-state index contributed by atoms with van der Waals surface area (Å²) >= 11 is 1.67. The number of thioether (sulfide) groups is 1. The maximum absolute atomic E-state index is 12.1. The SMILES string of the molecule is CCC(CC)CNC(=O)C1CSC(c2ccccc2)=N1. The van der Waals surface area contributed by atoms with Gasteiger partial charge in [-0.3, -0.25) is 9.79 Å². The van der Waals surface area contributed by atoms with Crippen LogP contribution in [-0.4, -0.2) is 29.3 Å². The highest BCUT2D eigenvalue weighted by Gasteiger charge is 2.25. The third-order valence-electron chi connectivity index (χ3n) is 3.69. The van der Waals surface area contributed by atoms with Crippen LogP contribution in [0.25, 0.3) is 0 Å². The van der Waals surface area contributed by atoms with Gasteiger partial charge in [-0.2, -0.15) is 0 Å². The number of carbonyl (C=O) groups excluding carboxylic acids is 1. The molecule has 2 rings (SSSR count). The first kappa shape index (κ1) is 15.1. The van der Waals surface area contributed by atoms with Gasteiger partial charge in [0.15, 0.2) is 0 Å². The Hall–Kier alpha value is -1.29. The molecular formula is C16H22N2OS. The smallest absolute Gasteiger partial charge is 0.245 e. The van der Waals surface area contributed by atoms with Gasteiger partial charge in [-0.1, -0.05) is 57.0 Å². The van der Waals surface area contributed by atoms with Gasteiger partial charge in [0.25, 0.3) is 0 Å². The summed E-state index contributed by atoms with van der Waals surface area (Å²) in [5, 5.41) is 4.02. The van der Waals surface area contributed by atoms with E-state index in [4.69, 9.17) is 0 Å². The zero-order chi connectivity index (χ0) is 14.4. The molecule has 0 saturated carbocycles. The number of benzene rings is 1. The highest BCUT2D eigenvalue weighted by Crippen LogP contribution is 2.23. The van der Waals surface area contributed by atoms with Crippen molar-refractivity contribution in [3.8, 4) is 0 Å². The zero-order valence-electron chi connectivity index (χ0n) is 12.1. The summed E-state index contributed by atoms with van der Waals surface area (Å²) in [5.74, 6) is 1.39. The van der Waals surface area contributed by atoms with Crippen molar-refractivity contribution in [3.63, 3.8) is 0 Å². The molecule has 1 aliphatic heterocycles. The Morgan fingerprint density at radius 2 is 2.05 bits per heavy atom. The van der Waals surface area contributed by atoms with Crippen molar-refractivity contribution in [3.05, 3.63) is 35.9 Å². The van der Waals surface area contributed by atoms with Crippen LogP contribution in [0.1, 0.15) is 32.3 Å². The van der Waals surface area contributed by atoms with Gasteiger partial charge in [0, 0.05) is 17.9 Å². The van der Waals surface area contributed by atoms with Gasteiger partial charge in [0.1, 0.15) is 6.04 Å². The second kappa shape index (κ2) is 7.48. The maximum atomic E-state index is 12.1. The number of hydrogen-bond acceptors (Lipinski definition) is 3. The van der Waals surface area contributed by atoms with Crippen LogP contribution >= 0.6 is 11.8 Å². The van der Waals surface area contributed by atoms with Crippen LogP contribution in [-0.2, 0) is 4.79 Å². The van der Waals surface area contributed by atoms with E-state index >= 15 is 0 Å². The summed E-state index contributed by atoms with van der Waals surface area (Å²) in [6.45, 7) is 5.10. The topological polar surface area (TPSA) is 41.5 Å². The van der Waals surface area contributed by atoms with Gasteiger partial charge >= 0.3 is 0 Å². The van der Waals surface area contributed by atoms with Gasteiger partial charge in [0.2, 0.25) is 5.91 Å². The first-order chi connectivity index (χ1) is 9.74. The summed E-state index contributed by atoms with van der Waals surface area (Å²) in [5.41, 5.74) is 1.10. The molecule has 0 spiro atoms. The minimum atomic E-state index is -0.232. The van der Waals surface area contributed by atoms with E-state index in [0.29, 0.717) is 5.92 Å². The lowest BCUT2D eigenvalue weighted by atomic mass is 10.0. The van der Waals surface area contributed by atoms with Gasteiger partial charge < -0.3 is 5.32 Å². The lowest BCUT2D eigenvalue weighted by molar-refractivity contribution is -0.121. The molecule has 3 nitrogen and oxygen atoms in total. The largest absolute Gasteiger partial charge is 0.354 e. The van der Waals surface area contributed by atoms with Crippen molar-refractivity contribution in [1.82, 2.24) is 5.32 Å². The predicted molar refractivity (Wildman–Crippen MR) is 86.3 cm³/mol. The maximum Gasteiger partial charge on any atom is 0.245 e. The van der Waals surface area contributed by atoms with Crippen LogP contribution in [0.4, 0.5) is 0 Å². The second-order valence-electron chi connectivity index (χ2n) is 5.05. The molecule has 0 radical (unpaired) electrons. The number of rotatable bonds is 6. The van der Waals surface area contributed by atoms with E-state index in [-0.39, 0.29) is 11.9 Å². The van der Waals surface area contributed by atoms with Crippen molar-refractivity contribution in [2.24, 2.45) is 10.9 Å². The summed E-state index contributed by atoms with van der Waals surface area (Å²) in [4.78, 5) is 16.7. The van der Waals surface area contributed by atoms with Crippen LogP contribution in [0.3, 0.4) is 0 Å². The van der Waals surface area contributed by atoms with E-state index in [0.717, 1.165) is 35.7 Å². The molecule has 1 aromatic rings. The molecule has 1 atom stereocenters. The molecule has 0 aliphatic carbocycles. The van der Waals surface area contributed by atoms with Crippen molar-refractivity contribution < 1.29 is 4.79 Å². The fourth-order valence-electron chi connectivity index (χ4n) is 2.19. The number of carbonyl (C=O) groups is 1. The summed E-state index contributed by atoms with van der Waals surface area (Å²) in [7, 11) is 0. The normalized spacial score (nSPS) is 18.1. The highest BCUT2D eigenvalue weighted by atomic mass is 32.2. The van der Waals surface area contributed by atoms with E-state index < -0.39 is 0 Å². The molecule has 0 aromatic heterocycles. The molecule has 1 amide bonds. The lowest BCUT2D eigenvalue weighted by Crippen LogP contribution is -2.36. The Labute approximate surface area is 125 Å². The van der Waals surface area contributed by atoms with E-state index in [1.54, 1.807) is 11.8 Å². The minimum Gasteiger partial charge on any atom is -0.354 e. The second-order valence-corrected chi connectivity index (χ2v) is 6.06. The standard InChI is InChI=1S/C16H22N2OS/c1-3-12(4-2)10-17-15(19)14-11-20-16(18-14)13-8-6-5-7-9-13/h5-9,12,14H,3-4,10-11H2,1-2H3,(H,17,19). The van der Waals surface area contributed by atoms with Crippen molar-refractivity contribution >= 4 is 22.7 Å². The average Bonchev–Trinajstić information content (AvgIpc) is 2.99. The molecule has 0 saturated heterocycles. The molecule has 108 valence electrons. The molecule has 1 N–H and O–H groups in total. The number of amides is 1. The van der Waals surface area contributed by atoms with Gasteiger partial charge in [-0.15, -0.1) is 11.8 Å². The average molecular weight is 290 g/mol. The van der Waals surface area contributed by atoms with Crippen LogP contribution < -0.4 is 5.32 Å².